The minimum absolute atomic E-state index is 0.170. The summed E-state index contributed by atoms with van der Waals surface area (Å²) in [5.41, 5.74) is 1.69. The summed E-state index contributed by atoms with van der Waals surface area (Å²) in [5, 5.41) is 11.9. The van der Waals surface area contributed by atoms with Crippen molar-refractivity contribution in [2.24, 2.45) is 0 Å². The van der Waals surface area contributed by atoms with Gasteiger partial charge in [0.05, 0.1) is 0 Å². The number of amides is 1. The maximum atomic E-state index is 12.3. The van der Waals surface area contributed by atoms with Crippen molar-refractivity contribution in [3.63, 3.8) is 0 Å². The quantitative estimate of drug-likeness (QED) is 0.369. The van der Waals surface area contributed by atoms with Crippen LogP contribution in [0.5, 0.6) is 11.5 Å². The highest BCUT2D eigenvalue weighted by molar-refractivity contribution is 6.02. The molecular formula is C25H23NO6. The zero-order valence-electron chi connectivity index (χ0n) is 17.5. The number of benzene rings is 3. The maximum Gasteiger partial charge on any atom is 0.352 e. The Bertz CT molecular complexity index is 1080. The highest BCUT2D eigenvalue weighted by atomic mass is 16.7. The Hall–Kier alpha value is -4.10. The molecule has 0 aliphatic rings. The Balaban J connectivity index is 1.63. The lowest BCUT2D eigenvalue weighted by Gasteiger charge is -2.09. The summed E-state index contributed by atoms with van der Waals surface area (Å²) >= 11 is 0. The van der Waals surface area contributed by atoms with Crippen LogP contribution in [0, 0.1) is 0 Å². The van der Waals surface area contributed by atoms with E-state index in [1.165, 1.54) is 6.08 Å². The summed E-state index contributed by atoms with van der Waals surface area (Å²) in [6, 6.07) is 22.8. The molecule has 0 unspecified atom stereocenters. The number of rotatable bonds is 10. The van der Waals surface area contributed by atoms with E-state index in [1.807, 2.05) is 24.3 Å². The molecule has 0 heterocycles. The average Bonchev–Trinajstić information content (AvgIpc) is 2.82. The first-order valence-electron chi connectivity index (χ1n) is 9.80. The summed E-state index contributed by atoms with van der Waals surface area (Å²) < 4.78 is 16.1. The SMILES string of the molecule is COCOc1cccc(COc2ccc(/C=C(/NC(=O)c3ccccc3)C(=O)O)cc2)c1. The van der Waals surface area contributed by atoms with E-state index in [1.54, 1.807) is 61.7 Å². The Morgan fingerprint density at radius 3 is 2.34 bits per heavy atom. The Labute approximate surface area is 185 Å². The minimum atomic E-state index is -1.23. The Morgan fingerprint density at radius 1 is 0.906 bits per heavy atom. The average molecular weight is 433 g/mol. The molecule has 0 fully saturated rings. The van der Waals surface area contributed by atoms with E-state index < -0.39 is 11.9 Å². The molecule has 0 aliphatic heterocycles. The Morgan fingerprint density at radius 2 is 1.66 bits per heavy atom. The number of carbonyl (C=O) groups is 2. The molecule has 32 heavy (non-hydrogen) atoms. The van der Waals surface area contributed by atoms with Crippen molar-refractivity contribution in [3.8, 4) is 11.5 Å². The third-order valence-electron chi connectivity index (χ3n) is 4.35. The molecule has 0 aromatic heterocycles. The number of carboxylic acids is 1. The first-order valence-corrected chi connectivity index (χ1v) is 9.80. The summed E-state index contributed by atoms with van der Waals surface area (Å²) in [6.45, 7) is 0.510. The fourth-order valence-electron chi connectivity index (χ4n) is 2.78. The number of nitrogens with one attached hydrogen (secondary N) is 1. The molecule has 3 rings (SSSR count). The van der Waals surface area contributed by atoms with E-state index in [-0.39, 0.29) is 12.5 Å². The van der Waals surface area contributed by atoms with Crippen LogP contribution in [0.1, 0.15) is 21.5 Å². The van der Waals surface area contributed by atoms with Crippen LogP contribution in [0.25, 0.3) is 6.08 Å². The highest BCUT2D eigenvalue weighted by Crippen LogP contribution is 2.18. The van der Waals surface area contributed by atoms with Crippen LogP contribution < -0.4 is 14.8 Å². The number of carbonyl (C=O) groups excluding carboxylic acids is 1. The minimum Gasteiger partial charge on any atom is -0.489 e. The van der Waals surface area contributed by atoms with E-state index in [0.717, 1.165) is 5.56 Å². The second-order valence-electron chi connectivity index (χ2n) is 6.74. The zero-order chi connectivity index (χ0) is 22.8. The smallest absolute Gasteiger partial charge is 0.352 e. The summed E-state index contributed by atoms with van der Waals surface area (Å²) in [5.74, 6) is -0.413. The van der Waals surface area contributed by atoms with Gasteiger partial charge < -0.3 is 24.6 Å². The molecular weight excluding hydrogens is 410 g/mol. The van der Waals surface area contributed by atoms with E-state index in [4.69, 9.17) is 14.2 Å². The van der Waals surface area contributed by atoms with E-state index in [9.17, 15) is 14.7 Å². The fourth-order valence-corrected chi connectivity index (χ4v) is 2.78. The molecule has 0 atom stereocenters. The normalized spacial score (nSPS) is 11.0. The van der Waals surface area contributed by atoms with Crippen LogP contribution in [0.15, 0.2) is 84.6 Å². The van der Waals surface area contributed by atoms with Crippen LogP contribution in [-0.2, 0) is 16.1 Å². The molecule has 3 aromatic rings. The van der Waals surface area contributed by atoms with Crippen molar-refractivity contribution in [2.75, 3.05) is 13.9 Å². The number of ether oxygens (including phenoxy) is 3. The molecule has 0 spiro atoms. The van der Waals surface area contributed by atoms with Crippen molar-refractivity contribution in [3.05, 3.63) is 101 Å². The van der Waals surface area contributed by atoms with Gasteiger partial charge in [0.2, 0.25) is 0 Å². The molecule has 0 saturated carbocycles. The number of methoxy groups -OCH3 is 1. The predicted octanol–water partition coefficient (Wildman–Crippen LogP) is 4.10. The molecule has 0 radical (unpaired) electrons. The van der Waals surface area contributed by atoms with Gasteiger partial charge in [-0.3, -0.25) is 4.79 Å². The number of aliphatic carboxylic acids is 1. The van der Waals surface area contributed by atoms with Crippen LogP contribution in [0.2, 0.25) is 0 Å². The van der Waals surface area contributed by atoms with Crippen molar-refractivity contribution in [2.45, 2.75) is 6.61 Å². The molecule has 2 N–H and O–H groups in total. The predicted molar refractivity (Wildman–Crippen MR) is 119 cm³/mol. The fraction of sp³-hybridized carbons (Fsp3) is 0.120. The van der Waals surface area contributed by atoms with E-state index >= 15 is 0 Å². The number of hydrogen-bond acceptors (Lipinski definition) is 5. The molecule has 0 saturated heterocycles. The van der Waals surface area contributed by atoms with Crippen molar-refractivity contribution < 1.29 is 28.9 Å². The third-order valence-corrected chi connectivity index (χ3v) is 4.35. The molecule has 164 valence electrons. The van der Waals surface area contributed by atoms with Gasteiger partial charge in [0.15, 0.2) is 6.79 Å². The third kappa shape index (κ3) is 6.72. The van der Waals surface area contributed by atoms with Gasteiger partial charge in [-0.1, -0.05) is 42.5 Å². The maximum absolute atomic E-state index is 12.3. The lowest BCUT2D eigenvalue weighted by Crippen LogP contribution is -2.27. The highest BCUT2D eigenvalue weighted by Gasteiger charge is 2.13. The number of carboxylic acid groups (broad SMARTS) is 1. The molecule has 3 aromatic carbocycles. The molecule has 0 aliphatic carbocycles. The largest absolute Gasteiger partial charge is 0.489 e. The van der Waals surface area contributed by atoms with Gasteiger partial charge in [0.1, 0.15) is 23.8 Å². The van der Waals surface area contributed by atoms with Crippen LogP contribution in [-0.4, -0.2) is 30.9 Å². The molecule has 7 nitrogen and oxygen atoms in total. The Kier molecular flexibility index (Phi) is 8.00. The molecule has 1 amide bonds. The second-order valence-corrected chi connectivity index (χ2v) is 6.74. The first kappa shape index (κ1) is 22.6. The lowest BCUT2D eigenvalue weighted by atomic mass is 10.1. The molecule has 0 bridgehead atoms. The van der Waals surface area contributed by atoms with E-state index in [2.05, 4.69) is 5.32 Å². The molecule has 7 heteroatoms. The van der Waals surface area contributed by atoms with Gasteiger partial charge in [-0.2, -0.15) is 0 Å². The van der Waals surface area contributed by atoms with Crippen LogP contribution >= 0.6 is 0 Å². The van der Waals surface area contributed by atoms with E-state index in [0.29, 0.717) is 29.2 Å². The lowest BCUT2D eigenvalue weighted by molar-refractivity contribution is -0.132. The monoisotopic (exact) mass is 433 g/mol. The van der Waals surface area contributed by atoms with Gasteiger partial charge >= 0.3 is 5.97 Å². The van der Waals surface area contributed by atoms with Crippen molar-refractivity contribution in [1.82, 2.24) is 5.32 Å². The first-order chi connectivity index (χ1) is 15.5. The summed E-state index contributed by atoms with van der Waals surface area (Å²) in [4.78, 5) is 23.8. The van der Waals surface area contributed by atoms with Gasteiger partial charge in [-0.15, -0.1) is 0 Å². The standard InChI is InChI=1S/C25H23NO6/c1-30-17-32-22-9-5-6-19(14-22)16-31-21-12-10-18(11-13-21)15-23(25(28)29)26-24(27)20-7-3-2-4-8-20/h2-15H,16-17H2,1H3,(H,26,27)(H,28,29)/b23-15+. The van der Waals surface area contributed by atoms with Gasteiger partial charge in [0, 0.05) is 12.7 Å². The van der Waals surface area contributed by atoms with Crippen molar-refractivity contribution in [1.29, 1.82) is 0 Å². The number of hydrogen-bond donors (Lipinski definition) is 2. The van der Waals surface area contributed by atoms with Crippen LogP contribution in [0.3, 0.4) is 0 Å². The van der Waals surface area contributed by atoms with Crippen LogP contribution in [0.4, 0.5) is 0 Å². The van der Waals surface area contributed by atoms with Gasteiger partial charge in [0.25, 0.3) is 5.91 Å². The van der Waals surface area contributed by atoms with Gasteiger partial charge in [-0.05, 0) is 53.6 Å². The summed E-state index contributed by atoms with van der Waals surface area (Å²) in [6.07, 6.45) is 1.39. The topological polar surface area (TPSA) is 94.1 Å². The van der Waals surface area contributed by atoms with Crippen molar-refractivity contribution >= 4 is 18.0 Å². The second kappa shape index (κ2) is 11.3. The zero-order valence-corrected chi connectivity index (χ0v) is 17.5. The van der Waals surface area contributed by atoms with Gasteiger partial charge in [-0.25, -0.2) is 4.79 Å². The summed E-state index contributed by atoms with van der Waals surface area (Å²) in [7, 11) is 1.56.